The van der Waals surface area contributed by atoms with Gasteiger partial charge < -0.3 is 4.74 Å². The first kappa shape index (κ1) is 26.3. The van der Waals surface area contributed by atoms with Crippen LogP contribution in [0.4, 0.5) is 5.69 Å². The minimum Gasteiger partial charge on any atom is -0.481 e. The molecule has 0 radical (unpaired) electrons. The quantitative estimate of drug-likeness (QED) is 0.120. The first-order valence-corrected chi connectivity index (χ1v) is 12.8. The molecule has 4 rings (SSSR count). The molecule has 0 amide bonds. The minimum absolute atomic E-state index is 0.00352. The minimum atomic E-state index is -0.556. The number of ether oxygens (including phenoxy) is 1. The molecule has 8 nitrogen and oxygen atoms in total. The second kappa shape index (κ2) is 11.1. The van der Waals surface area contributed by atoms with E-state index in [0.717, 1.165) is 4.47 Å². The standard InChI is InChI=1S/C24H16Br2Cl2N4O4/c1-2-22-30-20-6-4-15(25)9-17(20)24(33)31(22)29-11-13-7-18(26)23(21(8-13)32(34)35)36-12-14-3-5-16(27)10-19(14)28/h3-11H,2,12H2,1H3. The van der Waals surface area contributed by atoms with E-state index in [-0.39, 0.29) is 23.6 Å². The van der Waals surface area contributed by atoms with Gasteiger partial charge in [-0.25, -0.2) is 4.98 Å². The molecule has 36 heavy (non-hydrogen) atoms. The van der Waals surface area contributed by atoms with Crippen molar-refractivity contribution in [3.05, 3.63) is 105 Å². The summed E-state index contributed by atoms with van der Waals surface area (Å²) in [7, 11) is 0. The highest BCUT2D eigenvalue weighted by Crippen LogP contribution is 2.37. The number of rotatable bonds is 7. The zero-order valence-electron chi connectivity index (χ0n) is 18.5. The van der Waals surface area contributed by atoms with Gasteiger partial charge in [-0.05, 0) is 52.3 Å². The van der Waals surface area contributed by atoms with Gasteiger partial charge in [0.1, 0.15) is 12.4 Å². The molecule has 0 unspecified atom stereocenters. The molecule has 0 saturated carbocycles. The van der Waals surface area contributed by atoms with Crippen molar-refractivity contribution in [2.75, 3.05) is 0 Å². The number of fused-ring (bicyclic) bond motifs is 1. The van der Waals surface area contributed by atoms with Crippen molar-refractivity contribution in [2.24, 2.45) is 5.10 Å². The van der Waals surface area contributed by atoms with Crippen LogP contribution in [0.3, 0.4) is 0 Å². The van der Waals surface area contributed by atoms with Crippen LogP contribution >= 0.6 is 55.1 Å². The third kappa shape index (κ3) is 5.62. The smallest absolute Gasteiger partial charge is 0.312 e. The lowest BCUT2D eigenvalue weighted by atomic mass is 10.2. The molecule has 0 saturated heterocycles. The fourth-order valence-electron chi connectivity index (χ4n) is 3.41. The van der Waals surface area contributed by atoms with Crippen LogP contribution in [0.25, 0.3) is 10.9 Å². The van der Waals surface area contributed by atoms with Gasteiger partial charge in [-0.1, -0.05) is 52.1 Å². The van der Waals surface area contributed by atoms with Gasteiger partial charge in [0, 0.05) is 38.1 Å². The van der Waals surface area contributed by atoms with E-state index < -0.39 is 4.92 Å². The van der Waals surface area contributed by atoms with Crippen LogP contribution in [-0.2, 0) is 13.0 Å². The maximum atomic E-state index is 13.1. The molecular weight excluding hydrogens is 639 g/mol. The Hall–Kier alpha value is -2.79. The second-order valence-corrected chi connectivity index (χ2v) is 10.2. The molecule has 0 bridgehead atoms. The number of halogens is 4. The van der Waals surface area contributed by atoms with Crippen LogP contribution in [0.5, 0.6) is 5.75 Å². The molecule has 1 heterocycles. The molecule has 0 N–H and O–H groups in total. The lowest BCUT2D eigenvalue weighted by molar-refractivity contribution is -0.386. The number of nitro benzene ring substituents is 1. The largest absolute Gasteiger partial charge is 0.481 e. The van der Waals surface area contributed by atoms with E-state index in [4.69, 9.17) is 27.9 Å². The predicted molar refractivity (Wildman–Crippen MR) is 148 cm³/mol. The van der Waals surface area contributed by atoms with Crippen molar-refractivity contribution in [2.45, 2.75) is 20.0 Å². The molecule has 0 aliphatic carbocycles. The van der Waals surface area contributed by atoms with Crippen LogP contribution in [0, 0.1) is 10.1 Å². The Labute approximate surface area is 231 Å². The molecule has 3 aromatic carbocycles. The highest BCUT2D eigenvalue weighted by molar-refractivity contribution is 9.10. The second-order valence-electron chi connectivity index (χ2n) is 7.54. The Bertz CT molecular complexity index is 1590. The average Bonchev–Trinajstić information content (AvgIpc) is 2.83. The SMILES string of the molecule is CCc1nc2ccc(Br)cc2c(=O)n1N=Cc1cc(Br)c(OCc2ccc(Cl)cc2Cl)c([N+](=O)[O-])c1. The number of benzene rings is 3. The monoisotopic (exact) mass is 652 g/mol. The van der Waals surface area contributed by atoms with E-state index in [9.17, 15) is 14.9 Å². The summed E-state index contributed by atoms with van der Waals surface area (Å²) in [6.45, 7) is 1.86. The lowest BCUT2D eigenvalue weighted by Crippen LogP contribution is -2.22. The van der Waals surface area contributed by atoms with Crippen LogP contribution < -0.4 is 10.3 Å². The van der Waals surface area contributed by atoms with Gasteiger partial charge in [0.15, 0.2) is 0 Å². The van der Waals surface area contributed by atoms with Gasteiger partial charge in [-0.15, -0.1) is 0 Å². The van der Waals surface area contributed by atoms with Crippen molar-refractivity contribution in [1.29, 1.82) is 0 Å². The van der Waals surface area contributed by atoms with Crippen molar-refractivity contribution in [3.8, 4) is 5.75 Å². The van der Waals surface area contributed by atoms with Crippen LogP contribution in [0.2, 0.25) is 10.0 Å². The first-order chi connectivity index (χ1) is 17.2. The molecule has 0 fully saturated rings. The summed E-state index contributed by atoms with van der Waals surface area (Å²) in [5.41, 5.74) is 0.943. The van der Waals surface area contributed by atoms with E-state index in [1.54, 1.807) is 36.4 Å². The van der Waals surface area contributed by atoms with Gasteiger partial charge in [0.25, 0.3) is 5.56 Å². The molecule has 0 aliphatic heterocycles. The third-order valence-corrected chi connectivity index (χ3v) is 6.81. The summed E-state index contributed by atoms with van der Waals surface area (Å²) in [4.78, 5) is 28.8. The number of nitro groups is 1. The van der Waals surface area contributed by atoms with E-state index in [1.807, 2.05) is 13.0 Å². The molecular formula is C24H16Br2Cl2N4O4. The Kier molecular flexibility index (Phi) is 8.09. The molecule has 0 spiro atoms. The van der Waals surface area contributed by atoms with Gasteiger partial charge in [0.2, 0.25) is 5.75 Å². The highest BCUT2D eigenvalue weighted by Gasteiger charge is 2.21. The zero-order chi connectivity index (χ0) is 26.0. The van der Waals surface area contributed by atoms with Crippen molar-refractivity contribution in [3.63, 3.8) is 0 Å². The summed E-state index contributed by atoms with van der Waals surface area (Å²) in [5, 5.41) is 17.4. The van der Waals surface area contributed by atoms with Crippen LogP contribution in [-0.4, -0.2) is 20.8 Å². The molecule has 12 heteroatoms. The molecule has 184 valence electrons. The normalized spacial score (nSPS) is 11.4. The number of aromatic nitrogens is 2. The summed E-state index contributed by atoms with van der Waals surface area (Å²) in [6, 6.07) is 13.1. The third-order valence-electron chi connectivity index (χ3n) is 5.14. The number of nitrogens with zero attached hydrogens (tertiary/aromatic N) is 4. The zero-order valence-corrected chi connectivity index (χ0v) is 23.2. The summed E-state index contributed by atoms with van der Waals surface area (Å²) >= 11 is 18.8. The molecule has 4 aromatic rings. The maximum absolute atomic E-state index is 13.1. The van der Waals surface area contributed by atoms with Crippen molar-refractivity contribution < 1.29 is 9.66 Å². The Morgan fingerprint density at radius 2 is 1.94 bits per heavy atom. The van der Waals surface area contributed by atoms with Gasteiger partial charge in [-0.2, -0.15) is 9.78 Å². The Morgan fingerprint density at radius 1 is 1.17 bits per heavy atom. The Morgan fingerprint density at radius 3 is 2.64 bits per heavy atom. The van der Waals surface area contributed by atoms with Gasteiger partial charge in [0.05, 0.1) is 26.5 Å². The topological polar surface area (TPSA) is 99.6 Å². The van der Waals surface area contributed by atoms with E-state index in [1.165, 1.54) is 17.0 Å². The number of aryl methyl sites for hydroxylation is 1. The maximum Gasteiger partial charge on any atom is 0.312 e. The fourth-order valence-corrected chi connectivity index (χ4v) is 4.81. The van der Waals surface area contributed by atoms with Gasteiger partial charge >= 0.3 is 5.69 Å². The first-order valence-electron chi connectivity index (χ1n) is 10.5. The van der Waals surface area contributed by atoms with E-state index in [0.29, 0.717) is 48.8 Å². The predicted octanol–water partition coefficient (Wildman–Crippen LogP) is 7.16. The number of hydrogen-bond acceptors (Lipinski definition) is 6. The highest BCUT2D eigenvalue weighted by atomic mass is 79.9. The molecule has 1 aromatic heterocycles. The molecule has 0 atom stereocenters. The summed E-state index contributed by atoms with van der Waals surface area (Å²) < 4.78 is 8.01. The fraction of sp³-hybridized carbons (Fsp3) is 0.125. The summed E-state index contributed by atoms with van der Waals surface area (Å²) in [5.74, 6) is 0.492. The average molecular weight is 655 g/mol. The summed E-state index contributed by atoms with van der Waals surface area (Å²) in [6.07, 6.45) is 1.83. The number of hydrogen-bond donors (Lipinski definition) is 0. The van der Waals surface area contributed by atoms with Crippen LogP contribution in [0.1, 0.15) is 23.9 Å². The van der Waals surface area contributed by atoms with E-state index in [2.05, 4.69) is 41.9 Å². The van der Waals surface area contributed by atoms with Gasteiger partial charge in [-0.3, -0.25) is 14.9 Å². The van der Waals surface area contributed by atoms with Crippen molar-refractivity contribution >= 4 is 77.9 Å². The molecule has 0 aliphatic rings. The Balaban J connectivity index is 1.70. The lowest BCUT2D eigenvalue weighted by Gasteiger charge is -2.11. The van der Waals surface area contributed by atoms with E-state index >= 15 is 0 Å². The van der Waals surface area contributed by atoms with Crippen LogP contribution in [0.15, 0.2) is 67.4 Å². The van der Waals surface area contributed by atoms with Crippen molar-refractivity contribution in [1.82, 2.24) is 9.66 Å².